The van der Waals surface area contributed by atoms with Crippen molar-refractivity contribution in [3.63, 3.8) is 0 Å². The number of alkyl halides is 3. The second-order valence-electron chi connectivity index (χ2n) is 10.6. The van der Waals surface area contributed by atoms with E-state index in [1.165, 1.54) is 0 Å². The van der Waals surface area contributed by atoms with Crippen LogP contribution in [0.2, 0.25) is 10.0 Å². The monoisotopic (exact) mass is 555 g/mol. The molecule has 2 aromatic carbocycles. The van der Waals surface area contributed by atoms with Crippen LogP contribution >= 0.6 is 23.2 Å². The van der Waals surface area contributed by atoms with E-state index in [4.69, 9.17) is 23.2 Å². The largest absolute Gasteiger partial charge is 0.396 e. The molecule has 0 aromatic heterocycles. The molecule has 37 heavy (non-hydrogen) atoms. The third-order valence-corrected chi connectivity index (χ3v) is 8.26. The molecule has 1 N–H and O–H groups in total. The number of amides is 1. The van der Waals surface area contributed by atoms with Gasteiger partial charge in [0.2, 0.25) is 5.91 Å². The summed E-state index contributed by atoms with van der Waals surface area (Å²) in [5.41, 5.74) is -1.56. The third kappa shape index (κ3) is 6.02. The maximum atomic E-state index is 14.2. The first-order valence-electron chi connectivity index (χ1n) is 12.4. The molecule has 1 fully saturated rings. The van der Waals surface area contributed by atoms with Gasteiger partial charge in [0, 0.05) is 22.0 Å². The summed E-state index contributed by atoms with van der Waals surface area (Å²) in [6.45, 7) is 7.41. The lowest BCUT2D eigenvalue weighted by atomic mass is 9.66. The number of nitrogens with zero attached hydrogens (tertiary/aromatic N) is 1. The highest BCUT2D eigenvalue weighted by atomic mass is 35.5. The standard InChI is InChI=1S/C29H34Cl2F3NO2/c1-5-14-27(3)17-24(20-8-7-9-22(31)15-20)25(19-10-12-21(30)13-11-19)35(26(27)37)23(6-2)16-28(4,18-36)29(32,33)34/h5,7-13,15,23-25,36H,1,6,14,16-18H2,2-4H3/t23?,24-,25-,27+,28-/m1/s1. The topological polar surface area (TPSA) is 40.5 Å². The van der Waals surface area contributed by atoms with Gasteiger partial charge >= 0.3 is 6.18 Å². The number of piperidine rings is 1. The minimum Gasteiger partial charge on any atom is -0.395 e. The van der Waals surface area contributed by atoms with Crippen molar-refractivity contribution in [1.29, 1.82) is 0 Å². The van der Waals surface area contributed by atoms with Crippen LogP contribution in [0.1, 0.15) is 69.5 Å². The number of benzene rings is 2. The second-order valence-corrected chi connectivity index (χ2v) is 11.5. The smallest absolute Gasteiger partial charge is 0.395 e. The summed E-state index contributed by atoms with van der Waals surface area (Å²) in [6.07, 6.45) is -2.25. The maximum Gasteiger partial charge on any atom is 0.396 e. The fourth-order valence-electron chi connectivity index (χ4n) is 5.52. The zero-order valence-corrected chi connectivity index (χ0v) is 22.9. The van der Waals surface area contributed by atoms with E-state index in [1.807, 2.05) is 37.3 Å². The molecule has 1 heterocycles. The molecule has 5 atom stereocenters. The molecule has 0 spiro atoms. The van der Waals surface area contributed by atoms with Crippen LogP contribution in [0.25, 0.3) is 0 Å². The highest BCUT2D eigenvalue weighted by Crippen LogP contribution is 2.54. The van der Waals surface area contributed by atoms with Crippen LogP contribution in [0.15, 0.2) is 61.2 Å². The summed E-state index contributed by atoms with van der Waals surface area (Å²) in [4.78, 5) is 15.9. The first-order chi connectivity index (χ1) is 17.3. The molecular formula is C29H34Cl2F3NO2. The summed E-state index contributed by atoms with van der Waals surface area (Å²) in [7, 11) is 0. The SMILES string of the molecule is C=CC[C@@]1(C)C[C@H](c2cccc(Cl)c2)[C@@H](c2ccc(Cl)cc2)N(C(CC)C[C@](C)(CO)C(F)(F)F)C1=O. The summed E-state index contributed by atoms with van der Waals surface area (Å²) >= 11 is 12.5. The molecule has 0 bridgehead atoms. The minimum absolute atomic E-state index is 0.222. The van der Waals surface area contributed by atoms with E-state index in [0.29, 0.717) is 22.9 Å². The molecule has 0 saturated carbocycles. The fraction of sp³-hybridized carbons (Fsp3) is 0.483. The molecule has 0 aliphatic carbocycles. The number of likely N-dealkylation sites (tertiary alicyclic amines) is 1. The Balaban J connectivity index is 2.25. The van der Waals surface area contributed by atoms with Crippen LogP contribution in [-0.2, 0) is 4.79 Å². The van der Waals surface area contributed by atoms with Crippen molar-refractivity contribution < 1.29 is 23.1 Å². The van der Waals surface area contributed by atoms with Gasteiger partial charge in [-0.3, -0.25) is 4.79 Å². The van der Waals surface area contributed by atoms with Gasteiger partial charge in [0.05, 0.1) is 23.5 Å². The Hall–Kier alpha value is -2.02. The average molecular weight is 556 g/mol. The van der Waals surface area contributed by atoms with Crippen LogP contribution < -0.4 is 0 Å². The first kappa shape index (κ1) is 29.5. The zero-order valence-electron chi connectivity index (χ0n) is 21.4. The van der Waals surface area contributed by atoms with Crippen LogP contribution in [0.5, 0.6) is 0 Å². The quantitative estimate of drug-likeness (QED) is 0.316. The Kier molecular flexibility index (Phi) is 9.09. The van der Waals surface area contributed by atoms with E-state index >= 15 is 0 Å². The molecule has 1 aliphatic rings. The van der Waals surface area contributed by atoms with Crippen molar-refractivity contribution >= 4 is 29.1 Å². The number of aliphatic hydroxyl groups excluding tert-OH is 1. The van der Waals surface area contributed by atoms with E-state index in [0.717, 1.165) is 18.1 Å². The van der Waals surface area contributed by atoms with E-state index in [-0.39, 0.29) is 18.2 Å². The van der Waals surface area contributed by atoms with E-state index in [1.54, 1.807) is 36.1 Å². The molecule has 8 heteroatoms. The molecule has 1 aliphatic heterocycles. The third-order valence-electron chi connectivity index (χ3n) is 7.77. The molecule has 1 amide bonds. The average Bonchev–Trinajstić information content (AvgIpc) is 2.84. The molecule has 1 unspecified atom stereocenters. The highest BCUT2D eigenvalue weighted by molar-refractivity contribution is 6.30. The summed E-state index contributed by atoms with van der Waals surface area (Å²) in [5, 5.41) is 10.9. The molecular weight excluding hydrogens is 522 g/mol. The van der Waals surface area contributed by atoms with Gasteiger partial charge < -0.3 is 10.0 Å². The number of aliphatic hydroxyl groups is 1. The van der Waals surface area contributed by atoms with Gasteiger partial charge in [-0.15, -0.1) is 6.58 Å². The predicted octanol–water partition coefficient (Wildman–Crippen LogP) is 8.36. The van der Waals surface area contributed by atoms with Crippen molar-refractivity contribution in [2.24, 2.45) is 10.8 Å². The van der Waals surface area contributed by atoms with Gasteiger partial charge in [0.1, 0.15) is 0 Å². The number of halogens is 5. The van der Waals surface area contributed by atoms with Gasteiger partial charge in [-0.05, 0) is 68.0 Å². The van der Waals surface area contributed by atoms with Crippen LogP contribution in [0, 0.1) is 10.8 Å². The Bertz CT molecular complexity index is 1110. The van der Waals surface area contributed by atoms with Gasteiger partial charge in [-0.25, -0.2) is 0 Å². The lowest BCUT2D eigenvalue weighted by Gasteiger charge is -2.53. The Morgan fingerprint density at radius 3 is 2.32 bits per heavy atom. The van der Waals surface area contributed by atoms with Crippen molar-refractivity contribution in [2.75, 3.05) is 6.61 Å². The Morgan fingerprint density at radius 2 is 1.81 bits per heavy atom. The number of hydrogen-bond donors (Lipinski definition) is 1. The van der Waals surface area contributed by atoms with Crippen LogP contribution in [0.3, 0.4) is 0 Å². The molecule has 3 nitrogen and oxygen atoms in total. The summed E-state index contributed by atoms with van der Waals surface area (Å²) in [5.74, 6) is -0.470. The van der Waals surface area contributed by atoms with Gasteiger partial charge in [-0.2, -0.15) is 13.2 Å². The van der Waals surface area contributed by atoms with Gasteiger partial charge in [-0.1, -0.05) is 67.4 Å². The van der Waals surface area contributed by atoms with Gasteiger partial charge in [0.25, 0.3) is 0 Å². The lowest BCUT2D eigenvalue weighted by Crippen LogP contribution is -2.57. The van der Waals surface area contributed by atoms with Gasteiger partial charge in [0.15, 0.2) is 0 Å². The summed E-state index contributed by atoms with van der Waals surface area (Å²) in [6, 6.07) is 13.2. The van der Waals surface area contributed by atoms with Crippen molar-refractivity contribution in [3.05, 3.63) is 82.4 Å². The molecule has 2 aromatic rings. The number of carbonyl (C=O) groups excluding carboxylic acids is 1. The summed E-state index contributed by atoms with van der Waals surface area (Å²) < 4.78 is 42.2. The number of carbonyl (C=O) groups is 1. The minimum atomic E-state index is -4.64. The predicted molar refractivity (Wildman–Crippen MR) is 143 cm³/mol. The van der Waals surface area contributed by atoms with Crippen LogP contribution in [-0.4, -0.2) is 34.7 Å². The molecule has 1 saturated heterocycles. The zero-order chi connectivity index (χ0) is 27.6. The lowest BCUT2D eigenvalue weighted by molar-refractivity contribution is -0.237. The van der Waals surface area contributed by atoms with Crippen LogP contribution in [0.4, 0.5) is 13.2 Å². The highest BCUT2D eigenvalue weighted by Gasteiger charge is 2.55. The molecule has 0 radical (unpaired) electrons. The molecule has 3 rings (SSSR count). The van der Waals surface area contributed by atoms with Crippen molar-refractivity contribution in [3.8, 4) is 0 Å². The van der Waals surface area contributed by atoms with Crippen molar-refractivity contribution in [2.45, 2.75) is 70.6 Å². The Labute approximate surface area is 227 Å². The number of rotatable bonds is 9. The maximum absolute atomic E-state index is 14.2. The van der Waals surface area contributed by atoms with E-state index < -0.39 is 42.1 Å². The second kappa shape index (κ2) is 11.4. The van der Waals surface area contributed by atoms with E-state index in [9.17, 15) is 23.1 Å². The fourth-order valence-corrected chi connectivity index (χ4v) is 5.84. The number of hydrogen-bond acceptors (Lipinski definition) is 2. The normalized spacial score (nSPS) is 25.0. The van der Waals surface area contributed by atoms with Crippen molar-refractivity contribution in [1.82, 2.24) is 4.90 Å². The number of allylic oxidation sites excluding steroid dienone is 1. The van der Waals surface area contributed by atoms with E-state index in [2.05, 4.69) is 6.58 Å². The Morgan fingerprint density at radius 1 is 1.16 bits per heavy atom. The first-order valence-corrected chi connectivity index (χ1v) is 13.2. The molecule has 202 valence electrons.